The minimum atomic E-state index is -4.39. The molecule has 3 nitrogen and oxygen atoms in total. The lowest BCUT2D eigenvalue weighted by Gasteiger charge is -2.32. The molecule has 1 aromatic heterocycles. The summed E-state index contributed by atoms with van der Waals surface area (Å²) in [6, 6.07) is 2.83. The average Bonchev–Trinajstić information content (AvgIpc) is 2.78. The van der Waals surface area contributed by atoms with Crippen molar-refractivity contribution in [2.24, 2.45) is 5.73 Å². The molecule has 0 bridgehead atoms. The van der Waals surface area contributed by atoms with E-state index < -0.39 is 11.7 Å². The predicted octanol–water partition coefficient (Wildman–Crippen LogP) is 4.09. The van der Waals surface area contributed by atoms with Crippen molar-refractivity contribution in [2.75, 3.05) is 0 Å². The number of aryl methyl sites for hydroxylation is 1. The Balaban J connectivity index is 1.99. The second-order valence-corrected chi connectivity index (χ2v) is 6.49. The van der Waals surface area contributed by atoms with E-state index in [2.05, 4.69) is 9.97 Å². The quantitative estimate of drug-likeness (QED) is 0.877. The number of H-pyrrole nitrogens is 1. The molecule has 3 rings (SSSR count). The largest absolute Gasteiger partial charge is 0.418 e. The molecule has 0 unspecified atom stereocenters. The van der Waals surface area contributed by atoms with Crippen LogP contribution in [0.3, 0.4) is 0 Å². The maximum absolute atomic E-state index is 13.2. The smallest absolute Gasteiger partial charge is 0.341 e. The van der Waals surface area contributed by atoms with Gasteiger partial charge in [-0.2, -0.15) is 13.2 Å². The van der Waals surface area contributed by atoms with Crippen LogP contribution in [0.15, 0.2) is 12.1 Å². The highest BCUT2D eigenvalue weighted by molar-refractivity contribution is 5.80. The molecule has 1 aliphatic rings. The van der Waals surface area contributed by atoms with Crippen molar-refractivity contribution in [3.05, 3.63) is 29.1 Å². The Morgan fingerprint density at radius 1 is 1.23 bits per heavy atom. The number of imidazole rings is 1. The number of fused-ring (bicyclic) bond motifs is 1. The normalized spacial score (nSPS) is 18.8. The lowest BCUT2D eigenvalue weighted by Crippen LogP contribution is -2.44. The molecule has 0 aliphatic heterocycles. The monoisotopic (exact) mass is 311 g/mol. The van der Waals surface area contributed by atoms with Gasteiger partial charge in [-0.1, -0.05) is 19.3 Å². The summed E-state index contributed by atoms with van der Waals surface area (Å²) >= 11 is 0. The van der Waals surface area contributed by atoms with E-state index >= 15 is 0 Å². The molecule has 0 saturated heterocycles. The van der Waals surface area contributed by atoms with Crippen molar-refractivity contribution in [2.45, 2.75) is 57.2 Å². The van der Waals surface area contributed by atoms with E-state index in [0.717, 1.165) is 31.7 Å². The Morgan fingerprint density at radius 2 is 1.91 bits per heavy atom. The van der Waals surface area contributed by atoms with Crippen molar-refractivity contribution < 1.29 is 13.2 Å². The fourth-order valence-corrected chi connectivity index (χ4v) is 3.38. The van der Waals surface area contributed by atoms with Gasteiger partial charge in [0.05, 0.1) is 16.6 Å². The van der Waals surface area contributed by atoms with Crippen LogP contribution in [0.25, 0.3) is 11.0 Å². The van der Waals surface area contributed by atoms with E-state index in [0.29, 0.717) is 23.3 Å². The standard InChI is InChI=1S/C16H20F3N3/c1-10-7-11(16(17,18)19)14-12(8-10)21-13(22-14)9-15(20)5-3-2-4-6-15/h7-8H,2-6,9,20H2,1H3,(H,21,22). The molecule has 1 aliphatic carbocycles. The van der Waals surface area contributed by atoms with Crippen LogP contribution in [0.5, 0.6) is 0 Å². The third-order valence-electron chi connectivity index (χ3n) is 4.46. The molecule has 0 amide bonds. The van der Waals surface area contributed by atoms with E-state index in [9.17, 15) is 13.2 Å². The zero-order valence-electron chi connectivity index (χ0n) is 12.6. The first kappa shape index (κ1) is 15.3. The van der Waals surface area contributed by atoms with Gasteiger partial charge in [-0.25, -0.2) is 4.98 Å². The molecule has 6 heteroatoms. The zero-order valence-corrected chi connectivity index (χ0v) is 12.6. The summed E-state index contributed by atoms with van der Waals surface area (Å²) < 4.78 is 39.5. The second-order valence-electron chi connectivity index (χ2n) is 6.49. The zero-order chi connectivity index (χ0) is 16.0. The van der Waals surface area contributed by atoms with Gasteiger partial charge in [0.1, 0.15) is 5.82 Å². The van der Waals surface area contributed by atoms with Crippen LogP contribution in [0.1, 0.15) is 49.1 Å². The van der Waals surface area contributed by atoms with E-state index in [1.165, 1.54) is 6.42 Å². The number of nitrogens with one attached hydrogen (secondary N) is 1. The molecule has 3 N–H and O–H groups in total. The number of halogens is 3. The molecule has 1 fully saturated rings. The molecular weight excluding hydrogens is 291 g/mol. The highest BCUT2D eigenvalue weighted by Gasteiger charge is 2.35. The molecule has 0 radical (unpaired) electrons. The maximum atomic E-state index is 13.2. The summed E-state index contributed by atoms with van der Waals surface area (Å²) in [5, 5.41) is 0. The van der Waals surface area contributed by atoms with Crippen LogP contribution in [-0.2, 0) is 12.6 Å². The van der Waals surface area contributed by atoms with Crippen molar-refractivity contribution in [1.82, 2.24) is 9.97 Å². The first-order chi connectivity index (χ1) is 10.3. The minimum absolute atomic E-state index is 0.0625. The summed E-state index contributed by atoms with van der Waals surface area (Å²) in [7, 11) is 0. The first-order valence-electron chi connectivity index (χ1n) is 7.62. The molecule has 120 valence electrons. The first-order valence-corrected chi connectivity index (χ1v) is 7.62. The minimum Gasteiger partial charge on any atom is -0.341 e. The fourth-order valence-electron chi connectivity index (χ4n) is 3.38. The molecule has 1 saturated carbocycles. The number of rotatable bonds is 2. The van der Waals surface area contributed by atoms with Crippen LogP contribution in [-0.4, -0.2) is 15.5 Å². The Hall–Kier alpha value is -1.56. The Labute approximate surface area is 127 Å². The van der Waals surface area contributed by atoms with Crippen molar-refractivity contribution in [3.8, 4) is 0 Å². The number of hydrogen-bond acceptors (Lipinski definition) is 2. The van der Waals surface area contributed by atoms with Gasteiger partial charge in [-0.05, 0) is 37.5 Å². The van der Waals surface area contributed by atoms with Gasteiger partial charge in [0.25, 0.3) is 0 Å². The lowest BCUT2D eigenvalue weighted by atomic mass is 9.80. The van der Waals surface area contributed by atoms with Gasteiger partial charge in [0, 0.05) is 12.0 Å². The second kappa shape index (κ2) is 5.26. The van der Waals surface area contributed by atoms with Crippen LogP contribution in [0.4, 0.5) is 13.2 Å². The van der Waals surface area contributed by atoms with Crippen molar-refractivity contribution >= 4 is 11.0 Å². The summed E-state index contributed by atoms with van der Waals surface area (Å²) in [4.78, 5) is 7.21. The topological polar surface area (TPSA) is 54.7 Å². The molecule has 0 atom stereocenters. The molecule has 2 aromatic rings. The van der Waals surface area contributed by atoms with E-state index in [1.807, 2.05) is 0 Å². The highest BCUT2D eigenvalue weighted by atomic mass is 19.4. The van der Waals surface area contributed by atoms with E-state index in [-0.39, 0.29) is 11.1 Å². The van der Waals surface area contributed by atoms with Crippen LogP contribution in [0.2, 0.25) is 0 Å². The summed E-state index contributed by atoms with van der Waals surface area (Å²) in [6.07, 6.45) is 1.23. The van der Waals surface area contributed by atoms with Gasteiger partial charge in [0.15, 0.2) is 0 Å². The van der Waals surface area contributed by atoms with Gasteiger partial charge >= 0.3 is 6.18 Å². The predicted molar refractivity (Wildman–Crippen MR) is 79.5 cm³/mol. The molecule has 0 spiro atoms. The van der Waals surface area contributed by atoms with Gasteiger partial charge < -0.3 is 10.7 Å². The fraction of sp³-hybridized carbons (Fsp3) is 0.562. The summed E-state index contributed by atoms with van der Waals surface area (Å²) in [6.45, 7) is 1.65. The molecule has 1 aromatic carbocycles. The third-order valence-corrected chi connectivity index (χ3v) is 4.46. The number of nitrogens with zero attached hydrogens (tertiary/aromatic N) is 1. The summed E-state index contributed by atoms with van der Waals surface area (Å²) in [5.74, 6) is 0.551. The number of aromatic nitrogens is 2. The number of hydrogen-bond donors (Lipinski definition) is 2. The Bertz CT molecular complexity index is 682. The summed E-state index contributed by atoms with van der Waals surface area (Å²) in [5.41, 5.74) is 6.36. The number of aromatic amines is 1. The van der Waals surface area contributed by atoms with Gasteiger partial charge in [0.2, 0.25) is 0 Å². The number of nitrogens with two attached hydrogens (primary N) is 1. The molecule has 1 heterocycles. The van der Waals surface area contributed by atoms with E-state index in [4.69, 9.17) is 5.73 Å². The highest BCUT2D eigenvalue weighted by Crippen LogP contribution is 2.35. The van der Waals surface area contributed by atoms with Crippen LogP contribution >= 0.6 is 0 Å². The Morgan fingerprint density at radius 3 is 2.55 bits per heavy atom. The maximum Gasteiger partial charge on any atom is 0.418 e. The lowest BCUT2D eigenvalue weighted by molar-refractivity contribution is -0.136. The van der Waals surface area contributed by atoms with Gasteiger partial charge in [-0.3, -0.25) is 0 Å². The SMILES string of the molecule is Cc1cc(C(F)(F)F)c2[nH]c(CC3(N)CCCCC3)nc2c1. The van der Waals surface area contributed by atoms with Crippen LogP contribution < -0.4 is 5.73 Å². The molecular formula is C16H20F3N3. The van der Waals surface area contributed by atoms with Crippen LogP contribution in [0, 0.1) is 6.92 Å². The van der Waals surface area contributed by atoms with Crippen molar-refractivity contribution in [3.63, 3.8) is 0 Å². The number of benzene rings is 1. The number of alkyl halides is 3. The average molecular weight is 311 g/mol. The van der Waals surface area contributed by atoms with E-state index in [1.54, 1.807) is 13.0 Å². The Kier molecular flexibility index (Phi) is 3.67. The van der Waals surface area contributed by atoms with Crippen molar-refractivity contribution in [1.29, 1.82) is 0 Å². The van der Waals surface area contributed by atoms with Gasteiger partial charge in [-0.15, -0.1) is 0 Å². The third kappa shape index (κ3) is 2.97. The molecule has 22 heavy (non-hydrogen) atoms.